The van der Waals surface area contributed by atoms with Crippen LogP contribution in [0.2, 0.25) is 0 Å². The zero-order valence-electron chi connectivity index (χ0n) is 54.0. The van der Waals surface area contributed by atoms with Crippen LogP contribution in [0, 0.1) is 5.92 Å². The van der Waals surface area contributed by atoms with Crippen LogP contribution >= 0.6 is 0 Å². The van der Waals surface area contributed by atoms with Gasteiger partial charge in [0, 0.05) is 62.3 Å². The van der Waals surface area contributed by atoms with Gasteiger partial charge in [0.05, 0.1) is 13.2 Å². The third-order valence-corrected chi connectivity index (χ3v) is 16.9. The van der Waals surface area contributed by atoms with Crippen LogP contribution < -0.4 is 65.1 Å². The van der Waals surface area contributed by atoms with E-state index in [1.807, 2.05) is 30.3 Å². The fourth-order valence-electron chi connectivity index (χ4n) is 11.9. The molecule has 0 aliphatic carbocycles. The number of aliphatic hydroxyl groups excluding tert-OH is 1. The molecular formula is C69H85N15O13. The molecule has 0 spiro atoms. The lowest BCUT2D eigenvalue weighted by Crippen LogP contribution is -2.61. The summed E-state index contributed by atoms with van der Waals surface area (Å²) in [6.07, 6.45) is 2.22. The molecule has 514 valence electrons. The smallest absolute Gasteiger partial charge is 0.245 e. The van der Waals surface area contributed by atoms with Crippen molar-refractivity contribution >= 4 is 92.6 Å². The van der Waals surface area contributed by atoms with E-state index in [0.717, 1.165) is 10.8 Å². The number of carbonyl (C=O) groups is 11. The molecular weight excluding hydrogens is 1250 g/mol. The number of phenols is 1. The maximum Gasteiger partial charge on any atom is 0.245 e. The number of guanidine groups is 1. The summed E-state index contributed by atoms with van der Waals surface area (Å²) in [6, 6.07) is 22.3. The quantitative estimate of drug-likeness (QED) is 0.0142. The SMILES string of the molecule is CC(C)C[C@H](NC(=O)[C@@H](Cc1c[nH]c2ccccc12)NC(=O)[C@H](Cc1ccc(O)cc1)NC(=O)[C@H](CO)NC(=O)[C@H](Cc1cccc2ccccc12)NC(=O)[C@@H](Cc1ccccc1)NC(=O)[C@@H]1CCC(=O)N1)C(=O)N[C@@H](CCCN=C(N)N)C(=O)N1CCC[C@H]1C(=O)NCC(N)=O. The molecule has 2 aliphatic heterocycles. The van der Waals surface area contributed by atoms with Gasteiger partial charge in [0.1, 0.15) is 60.1 Å². The number of nitrogens with two attached hydrogens (primary N) is 3. The number of benzene rings is 5. The maximum absolute atomic E-state index is 15.2. The third-order valence-electron chi connectivity index (χ3n) is 16.9. The van der Waals surface area contributed by atoms with E-state index < -0.39 is 127 Å². The van der Waals surface area contributed by atoms with E-state index in [1.54, 1.807) is 86.8 Å². The maximum atomic E-state index is 15.2. The number of phenolic OH excluding ortho intramolecular Hbond substituents is 1. The van der Waals surface area contributed by atoms with Crippen molar-refractivity contribution in [1.29, 1.82) is 0 Å². The molecule has 9 atom stereocenters. The van der Waals surface area contributed by atoms with E-state index in [0.29, 0.717) is 39.6 Å². The Morgan fingerprint density at radius 1 is 0.588 bits per heavy atom. The summed E-state index contributed by atoms with van der Waals surface area (Å²) in [7, 11) is 0. The molecule has 97 heavy (non-hydrogen) atoms. The van der Waals surface area contributed by atoms with Crippen molar-refractivity contribution in [2.45, 2.75) is 139 Å². The predicted molar refractivity (Wildman–Crippen MR) is 360 cm³/mol. The molecule has 0 saturated carbocycles. The molecule has 28 heteroatoms. The van der Waals surface area contributed by atoms with Gasteiger partial charge in [-0.2, -0.15) is 0 Å². The van der Waals surface area contributed by atoms with Crippen molar-refractivity contribution in [3.63, 3.8) is 0 Å². The number of amides is 11. The highest BCUT2D eigenvalue weighted by atomic mass is 16.3. The molecule has 3 heterocycles. The first kappa shape index (κ1) is 71.9. The number of aromatic hydroxyl groups is 1. The average molecular weight is 1330 g/mol. The molecule has 0 bridgehead atoms. The number of H-pyrrole nitrogens is 1. The lowest BCUT2D eigenvalue weighted by molar-refractivity contribution is -0.142. The lowest BCUT2D eigenvalue weighted by Gasteiger charge is -2.30. The average Bonchev–Trinajstić information content (AvgIpc) is 1.81. The van der Waals surface area contributed by atoms with Gasteiger partial charge in [-0.25, -0.2) is 0 Å². The van der Waals surface area contributed by atoms with Crippen LogP contribution in [-0.2, 0) is 78.4 Å². The number of primary amides is 1. The van der Waals surface area contributed by atoms with Gasteiger partial charge in [-0.1, -0.05) is 117 Å². The summed E-state index contributed by atoms with van der Waals surface area (Å²) in [6.45, 7) is 2.35. The lowest BCUT2D eigenvalue weighted by atomic mass is 9.97. The third kappa shape index (κ3) is 20.6. The molecule has 5 aromatic carbocycles. The summed E-state index contributed by atoms with van der Waals surface area (Å²) in [5.41, 5.74) is 19.4. The Bertz CT molecular complexity index is 3840. The van der Waals surface area contributed by atoms with Gasteiger partial charge >= 0.3 is 0 Å². The number of para-hydroxylation sites is 1. The summed E-state index contributed by atoms with van der Waals surface area (Å²) in [5.74, 6) is -8.89. The molecule has 28 nitrogen and oxygen atoms in total. The first-order valence-electron chi connectivity index (χ1n) is 32.3. The molecule has 2 fully saturated rings. The summed E-state index contributed by atoms with van der Waals surface area (Å²) in [5, 5.41) is 47.7. The zero-order valence-corrected chi connectivity index (χ0v) is 54.0. The first-order chi connectivity index (χ1) is 46.5. The van der Waals surface area contributed by atoms with Crippen LogP contribution in [0.15, 0.2) is 133 Å². The summed E-state index contributed by atoms with van der Waals surface area (Å²) < 4.78 is 0. The molecule has 2 saturated heterocycles. The van der Waals surface area contributed by atoms with Gasteiger partial charge in [-0.3, -0.25) is 57.7 Å². The van der Waals surface area contributed by atoms with E-state index in [-0.39, 0.29) is 101 Å². The van der Waals surface area contributed by atoms with Crippen LogP contribution in [0.5, 0.6) is 5.75 Å². The van der Waals surface area contributed by atoms with Crippen LogP contribution in [0.1, 0.15) is 81.0 Å². The number of carbonyl (C=O) groups excluding carboxylic acids is 11. The van der Waals surface area contributed by atoms with Gasteiger partial charge in [0.15, 0.2) is 5.96 Å². The van der Waals surface area contributed by atoms with Crippen LogP contribution in [0.4, 0.5) is 0 Å². The number of rotatable bonds is 33. The van der Waals surface area contributed by atoms with Crippen LogP contribution in [0.3, 0.4) is 0 Å². The number of nitrogens with zero attached hydrogens (tertiary/aromatic N) is 2. The second kappa shape index (κ2) is 34.5. The highest BCUT2D eigenvalue weighted by Crippen LogP contribution is 2.24. The normalized spacial score (nSPS) is 16.5. The topological polar surface area (TPSA) is 446 Å². The largest absolute Gasteiger partial charge is 0.508 e. The van der Waals surface area contributed by atoms with Gasteiger partial charge in [0.25, 0.3) is 0 Å². The predicted octanol–water partition coefficient (Wildman–Crippen LogP) is -0.346. The number of aliphatic hydroxyl groups is 1. The van der Waals surface area contributed by atoms with E-state index in [1.165, 1.54) is 29.2 Å². The van der Waals surface area contributed by atoms with E-state index in [4.69, 9.17) is 17.2 Å². The Morgan fingerprint density at radius 2 is 1.13 bits per heavy atom. The molecule has 11 amide bonds. The number of hydrogen-bond acceptors (Lipinski definition) is 14. The van der Waals surface area contributed by atoms with Gasteiger partial charge in [0.2, 0.25) is 65.0 Å². The van der Waals surface area contributed by atoms with E-state index in [2.05, 4.69) is 57.8 Å². The number of aromatic amines is 1. The fraction of sp³-hybridized carbons (Fsp3) is 0.391. The molecule has 6 aromatic rings. The second-order valence-corrected chi connectivity index (χ2v) is 24.7. The van der Waals surface area contributed by atoms with Crippen molar-refractivity contribution in [1.82, 2.24) is 57.7 Å². The van der Waals surface area contributed by atoms with Crippen molar-refractivity contribution in [2.24, 2.45) is 28.1 Å². The minimum absolute atomic E-state index is 0.00706. The molecule has 0 unspecified atom stereocenters. The van der Waals surface area contributed by atoms with Crippen LogP contribution in [0.25, 0.3) is 21.7 Å². The summed E-state index contributed by atoms with van der Waals surface area (Å²) >= 11 is 0. The van der Waals surface area contributed by atoms with Crippen molar-refractivity contribution < 1.29 is 63.0 Å². The minimum Gasteiger partial charge on any atom is -0.508 e. The number of aliphatic imine (C=N–C) groups is 1. The van der Waals surface area contributed by atoms with Gasteiger partial charge in [-0.15, -0.1) is 0 Å². The Morgan fingerprint density at radius 3 is 1.76 bits per heavy atom. The highest BCUT2D eigenvalue weighted by Gasteiger charge is 2.40. The Hall–Kier alpha value is -10.9. The molecule has 8 rings (SSSR count). The molecule has 2 aliphatic rings. The van der Waals surface area contributed by atoms with Gasteiger partial charge < -0.3 is 85.1 Å². The molecule has 1 aromatic heterocycles. The van der Waals surface area contributed by atoms with E-state index >= 15 is 9.59 Å². The van der Waals surface area contributed by atoms with E-state index in [9.17, 15) is 53.4 Å². The van der Waals surface area contributed by atoms with Crippen LogP contribution in [-0.4, -0.2) is 172 Å². The fourth-order valence-corrected chi connectivity index (χ4v) is 11.9. The zero-order chi connectivity index (χ0) is 69.7. The van der Waals surface area contributed by atoms with Gasteiger partial charge in [-0.05, 0) is 95.7 Å². The minimum atomic E-state index is -1.79. The molecule has 0 radical (unpaired) electrons. The highest BCUT2D eigenvalue weighted by molar-refractivity contribution is 6.00. The number of hydrogen-bond donors (Lipinski definition) is 15. The second-order valence-electron chi connectivity index (χ2n) is 24.7. The Balaban J connectivity index is 1.06. The van der Waals surface area contributed by atoms with Crippen molar-refractivity contribution in [3.05, 3.63) is 150 Å². The monoisotopic (exact) mass is 1330 g/mol. The standard InChI is InChI=1S/C69H85N15O13/c1-39(2)31-51(61(90)77-50(21-11-29-73-69(71)72)68(97)84-30-12-22-57(84)67(96)75-37-58(70)87)78-64(93)55(35-44-36-74-48-20-9-8-19-47(44)48)82-63(92)53(33-41-23-25-45(86)26-24-41)80-66(95)56(38-85)83-65(94)54(34-43-17-10-16-42-15-6-7-18-46(42)43)81-62(91)52(32-40-13-4-3-5-14-40)79-60(89)49-27-28-59(88)76-49/h3-10,13-20,23-26,36,39,49-57,74,85-86H,11-12,21-22,27-35,37-38H2,1-2H3,(H2,70,87)(H,75,96)(H,76,88)(H,77,90)(H,78,93)(H,79,89)(H,80,95)(H,81,91)(H,82,92)(H,83,94)(H4,71,72,73)/t49-,50-,51-,52+,53-,54-,55+,56-,57-/m0/s1. The van der Waals surface area contributed by atoms with Crippen molar-refractivity contribution in [3.8, 4) is 5.75 Å². The van der Waals surface area contributed by atoms with Crippen molar-refractivity contribution in [2.75, 3.05) is 26.2 Å². The molecule has 18 N–H and O–H groups in total. The number of aromatic nitrogens is 1. The Labute approximate surface area is 559 Å². The number of fused-ring (bicyclic) bond motifs is 2. The summed E-state index contributed by atoms with van der Waals surface area (Å²) in [4.78, 5) is 163. The number of likely N-dealkylation sites (tertiary alicyclic amines) is 1. The first-order valence-corrected chi connectivity index (χ1v) is 32.3. The Kier molecular flexibility index (Phi) is 25.6. The number of nitrogens with one attached hydrogen (secondary N) is 10.